The van der Waals surface area contributed by atoms with Gasteiger partial charge < -0.3 is 5.32 Å². The van der Waals surface area contributed by atoms with E-state index in [0.717, 1.165) is 27.8 Å². The summed E-state index contributed by atoms with van der Waals surface area (Å²) in [4.78, 5) is 12.1. The zero-order valence-corrected chi connectivity index (χ0v) is 16.3. The number of hydrogen-bond donors (Lipinski definition) is 2. The zero-order chi connectivity index (χ0) is 18.4. The summed E-state index contributed by atoms with van der Waals surface area (Å²) in [6.07, 6.45) is 0. The average Bonchev–Trinajstić information content (AvgIpc) is 3.06. The Morgan fingerprint density at radius 2 is 1.81 bits per heavy atom. The third-order valence-electron chi connectivity index (χ3n) is 3.79. The van der Waals surface area contributed by atoms with Gasteiger partial charge in [-0.1, -0.05) is 47.7 Å². The number of rotatable bonds is 6. The van der Waals surface area contributed by atoms with Crippen LogP contribution >= 0.6 is 23.1 Å². The summed E-state index contributed by atoms with van der Waals surface area (Å²) in [5.41, 5.74) is 4.37. The average molecular weight is 385 g/mol. The number of aromatic nitrogens is 2. The number of aryl methyl sites for hydroxylation is 2. The number of urea groups is 1. The Kier molecular flexibility index (Phi) is 6.25. The molecule has 2 N–H and O–H groups in total. The molecule has 3 aromatic rings. The van der Waals surface area contributed by atoms with Crippen molar-refractivity contribution in [3.05, 3.63) is 70.2 Å². The first-order chi connectivity index (χ1) is 12.6. The van der Waals surface area contributed by atoms with Gasteiger partial charge in [0.1, 0.15) is 5.01 Å². The second kappa shape index (κ2) is 8.82. The molecule has 2 amide bonds. The zero-order valence-electron chi connectivity index (χ0n) is 14.7. The van der Waals surface area contributed by atoms with Crippen LogP contribution in [0.15, 0.2) is 48.5 Å². The van der Waals surface area contributed by atoms with E-state index < -0.39 is 0 Å². The third kappa shape index (κ3) is 5.31. The second-order valence-electron chi connectivity index (χ2n) is 5.86. The number of anilines is 2. The number of carbonyl (C=O) groups is 1. The highest BCUT2D eigenvalue weighted by molar-refractivity contribution is 7.97. The van der Waals surface area contributed by atoms with Gasteiger partial charge in [0.25, 0.3) is 0 Å². The number of carbonyl (C=O) groups excluding carboxylic acids is 1. The Balaban J connectivity index is 1.48. The Morgan fingerprint density at radius 1 is 1.00 bits per heavy atom. The first-order valence-corrected chi connectivity index (χ1v) is 10.2. The molecule has 26 heavy (non-hydrogen) atoms. The lowest BCUT2D eigenvalue weighted by atomic mass is 10.1. The number of nitrogens with zero attached hydrogens (tertiary/aromatic N) is 2. The largest absolute Gasteiger partial charge is 0.325 e. The highest BCUT2D eigenvalue weighted by atomic mass is 32.2. The monoisotopic (exact) mass is 384 g/mol. The van der Waals surface area contributed by atoms with Gasteiger partial charge >= 0.3 is 6.03 Å². The third-order valence-corrected chi connectivity index (χ3v) is 5.83. The van der Waals surface area contributed by atoms with Gasteiger partial charge in [0.2, 0.25) is 5.13 Å². The van der Waals surface area contributed by atoms with Crippen molar-refractivity contribution < 1.29 is 4.79 Å². The summed E-state index contributed by atoms with van der Waals surface area (Å²) < 4.78 is 0. The summed E-state index contributed by atoms with van der Waals surface area (Å²) in [5, 5.41) is 15.1. The van der Waals surface area contributed by atoms with Crippen LogP contribution < -0.4 is 10.6 Å². The molecule has 0 atom stereocenters. The molecular weight excluding hydrogens is 364 g/mol. The van der Waals surface area contributed by atoms with Crippen LogP contribution in [0.1, 0.15) is 21.7 Å². The molecule has 0 fully saturated rings. The van der Waals surface area contributed by atoms with E-state index in [2.05, 4.69) is 33.0 Å². The van der Waals surface area contributed by atoms with Crippen molar-refractivity contribution >= 4 is 39.9 Å². The van der Waals surface area contributed by atoms with Crippen LogP contribution in [-0.4, -0.2) is 16.2 Å². The topological polar surface area (TPSA) is 66.9 Å². The minimum atomic E-state index is -0.312. The van der Waals surface area contributed by atoms with E-state index in [1.165, 1.54) is 22.5 Å². The van der Waals surface area contributed by atoms with Crippen LogP contribution in [0.3, 0.4) is 0 Å². The molecule has 0 saturated heterocycles. The maximum Gasteiger partial charge on any atom is 0.325 e. The van der Waals surface area contributed by atoms with Crippen molar-refractivity contribution in [2.45, 2.75) is 25.4 Å². The number of benzene rings is 2. The van der Waals surface area contributed by atoms with Gasteiger partial charge in [0, 0.05) is 17.2 Å². The van der Waals surface area contributed by atoms with Crippen molar-refractivity contribution in [1.82, 2.24) is 10.2 Å². The van der Waals surface area contributed by atoms with Crippen LogP contribution in [0.25, 0.3) is 0 Å². The molecular formula is C19H20N4OS2. The van der Waals surface area contributed by atoms with E-state index in [9.17, 15) is 4.79 Å². The van der Waals surface area contributed by atoms with Gasteiger partial charge in [-0.05, 0) is 42.7 Å². The quantitative estimate of drug-likeness (QED) is 0.610. The highest BCUT2D eigenvalue weighted by Gasteiger charge is 2.09. The standard InChI is InChI=1S/C19H20N4OS2/c1-13-8-9-16(10-14(13)2)20-18(24)21-19-23-22-17(26-19)12-25-11-15-6-4-3-5-7-15/h3-10H,11-12H2,1-2H3,(H2,20,21,23,24). The molecule has 0 aliphatic rings. The van der Waals surface area contributed by atoms with E-state index in [0.29, 0.717) is 5.13 Å². The first-order valence-electron chi connectivity index (χ1n) is 8.19. The molecule has 2 aromatic carbocycles. The fraction of sp³-hybridized carbons (Fsp3) is 0.211. The Bertz CT molecular complexity index is 880. The molecule has 0 unspecified atom stereocenters. The molecule has 0 saturated carbocycles. The summed E-state index contributed by atoms with van der Waals surface area (Å²) >= 11 is 3.17. The van der Waals surface area contributed by atoms with E-state index >= 15 is 0 Å². The Hall–Kier alpha value is -2.38. The van der Waals surface area contributed by atoms with Crippen LogP contribution in [0, 0.1) is 13.8 Å². The fourth-order valence-corrected chi connectivity index (χ4v) is 4.05. The smallest absolute Gasteiger partial charge is 0.308 e. The SMILES string of the molecule is Cc1ccc(NC(=O)Nc2nnc(CSCc3ccccc3)s2)cc1C. The van der Waals surface area contributed by atoms with Crippen LogP contribution in [0.4, 0.5) is 15.6 Å². The molecule has 7 heteroatoms. The van der Waals surface area contributed by atoms with Gasteiger partial charge in [0.05, 0.1) is 0 Å². The van der Waals surface area contributed by atoms with Crippen molar-refractivity contribution in [3.8, 4) is 0 Å². The van der Waals surface area contributed by atoms with Crippen molar-refractivity contribution in [3.63, 3.8) is 0 Å². The molecule has 0 aliphatic carbocycles. The van der Waals surface area contributed by atoms with Crippen LogP contribution in [0.5, 0.6) is 0 Å². The number of nitrogens with one attached hydrogen (secondary N) is 2. The normalized spacial score (nSPS) is 10.5. The highest BCUT2D eigenvalue weighted by Crippen LogP contribution is 2.23. The van der Waals surface area contributed by atoms with Gasteiger partial charge in [-0.25, -0.2) is 4.79 Å². The molecule has 0 radical (unpaired) electrons. The van der Waals surface area contributed by atoms with Crippen LogP contribution in [-0.2, 0) is 11.5 Å². The molecule has 0 aliphatic heterocycles. The van der Waals surface area contributed by atoms with Gasteiger partial charge in [-0.15, -0.1) is 22.0 Å². The van der Waals surface area contributed by atoms with Crippen molar-refractivity contribution in [1.29, 1.82) is 0 Å². The molecule has 0 bridgehead atoms. The van der Waals surface area contributed by atoms with Crippen LogP contribution in [0.2, 0.25) is 0 Å². The first kappa shape index (κ1) is 18.4. The molecule has 1 aromatic heterocycles. The maximum absolute atomic E-state index is 12.1. The summed E-state index contributed by atoms with van der Waals surface area (Å²) in [5.74, 6) is 1.70. The molecule has 0 spiro atoms. The van der Waals surface area contributed by atoms with E-state index in [-0.39, 0.29) is 6.03 Å². The number of amides is 2. The van der Waals surface area contributed by atoms with E-state index in [4.69, 9.17) is 0 Å². The minimum absolute atomic E-state index is 0.312. The second-order valence-corrected chi connectivity index (χ2v) is 7.91. The lowest BCUT2D eigenvalue weighted by Crippen LogP contribution is -2.19. The van der Waals surface area contributed by atoms with Gasteiger partial charge in [0.15, 0.2) is 0 Å². The minimum Gasteiger partial charge on any atom is -0.308 e. The summed E-state index contributed by atoms with van der Waals surface area (Å²) in [6, 6.07) is 15.8. The Morgan fingerprint density at radius 3 is 2.58 bits per heavy atom. The van der Waals surface area contributed by atoms with Gasteiger partial charge in [-0.3, -0.25) is 5.32 Å². The van der Waals surface area contributed by atoms with Crippen molar-refractivity contribution in [2.24, 2.45) is 0 Å². The molecule has 5 nitrogen and oxygen atoms in total. The lowest BCUT2D eigenvalue weighted by molar-refractivity contribution is 0.262. The molecule has 3 rings (SSSR count). The number of thioether (sulfide) groups is 1. The van der Waals surface area contributed by atoms with E-state index in [1.54, 1.807) is 11.8 Å². The summed E-state index contributed by atoms with van der Waals surface area (Å²) in [7, 11) is 0. The molecule has 1 heterocycles. The lowest BCUT2D eigenvalue weighted by Gasteiger charge is -2.07. The summed E-state index contributed by atoms with van der Waals surface area (Å²) in [6.45, 7) is 4.06. The van der Waals surface area contributed by atoms with E-state index in [1.807, 2.05) is 50.2 Å². The Labute approximate surface area is 161 Å². The predicted molar refractivity (Wildman–Crippen MR) is 110 cm³/mol. The fourth-order valence-electron chi connectivity index (χ4n) is 2.27. The molecule has 134 valence electrons. The number of hydrogen-bond acceptors (Lipinski definition) is 5. The maximum atomic E-state index is 12.1. The van der Waals surface area contributed by atoms with Gasteiger partial charge in [-0.2, -0.15) is 0 Å². The predicted octanol–water partition coefficient (Wildman–Crippen LogP) is 5.23. The van der Waals surface area contributed by atoms with Crippen molar-refractivity contribution in [2.75, 3.05) is 10.6 Å².